The average molecular weight is 245 g/mol. The third kappa shape index (κ3) is 2.69. The van der Waals surface area contributed by atoms with Crippen LogP contribution in [-0.2, 0) is 4.74 Å². The number of hydrogen-bond acceptors (Lipinski definition) is 2. The topological polar surface area (TPSA) is 21.3 Å². The molecule has 98 valence electrons. The first-order chi connectivity index (χ1) is 8.93. The molecule has 0 amide bonds. The molecule has 2 heteroatoms. The third-order valence-electron chi connectivity index (χ3n) is 4.31. The highest BCUT2D eigenvalue weighted by Gasteiger charge is 2.20. The lowest BCUT2D eigenvalue weighted by Crippen LogP contribution is -2.17. The molecule has 1 aromatic rings. The van der Waals surface area contributed by atoms with Crippen molar-refractivity contribution in [2.75, 3.05) is 18.5 Å². The molecule has 2 heterocycles. The molecule has 0 aliphatic carbocycles. The Hall–Kier alpha value is -1.02. The molecule has 0 bridgehead atoms. The summed E-state index contributed by atoms with van der Waals surface area (Å²) in [7, 11) is 0. The van der Waals surface area contributed by atoms with Gasteiger partial charge in [0, 0.05) is 18.8 Å². The van der Waals surface area contributed by atoms with Crippen LogP contribution in [0, 0.1) is 0 Å². The van der Waals surface area contributed by atoms with Crippen molar-refractivity contribution >= 4 is 5.69 Å². The molecular weight excluding hydrogens is 222 g/mol. The Morgan fingerprint density at radius 1 is 1.17 bits per heavy atom. The van der Waals surface area contributed by atoms with E-state index in [1.54, 1.807) is 0 Å². The van der Waals surface area contributed by atoms with E-state index in [0.717, 1.165) is 19.1 Å². The van der Waals surface area contributed by atoms with Crippen LogP contribution < -0.4 is 5.32 Å². The Balaban J connectivity index is 1.54. The highest BCUT2D eigenvalue weighted by molar-refractivity contribution is 5.54. The second-order valence-corrected chi connectivity index (χ2v) is 5.57. The van der Waals surface area contributed by atoms with Crippen LogP contribution in [0.25, 0.3) is 0 Å². The van der Waals surface area contributed by atoms with Gasteiger partial charge in [-0.2, -0.15) is 0 Å². The van der Waals surface area contributed by atoms with E-state index in [9.17, 15) is 0 Å². The highest BCUT2D eigenvalue weighted by atomic mass is 16.5. The lowest BCUT2D eigenvalue weighted by molar-refractivity contribution is 0.101. The van der Waals surface area contributed by atoms with E-state index in [-0.39, 0.29) is 0 Å². The Morgan fingerprint density at radius 3 is 3.00 bits per heavy atom. The van der Waals surface area contributed by atoms with E-state index in [2.05, 4.69) is 29.6 Å². The van der Waals surface area contributed by atoms with Gasteiger partial charge in [-0.3, -0.25) is 0 Å². The van der Waals surface area contributed by atoms with E-state index in [4.69, 9.17) is 4.74 Å². The van der Waals surface area contributed by atoms with Gasteiger partial charge in [0.15, 0.2) is 0 Å². The van der Waals surface area contributed by atoms with Crippen LogP contribution in [0.2, 0.25) is 0 Å². The normalized spacial score (nSPS) is 26.7. The van der Waals surface area contributed by atoms with E-state index in [1.807, 2.05) is 0 Å². The maximum atomic E-state index is 5.70. The Bertz CT molecular complexity index is 384. The number of hydrogen-bond donors (Lipinski definition) is 1. The van der Waals surface area contributed by atoms with E-state index < -0.39 is 0 Å². The monoisotopic (exact) mass is 245 g/mol. The van der Waals surface area contributed by atoms with Gasteiger partial charge in [-0.25, -0.2) is 0 Å². The van der Waals surface area contributed by atoms with Crippen LogP contribution >= 0.6 is 0 Å². The van der Waals surface area contributed by atoms with Crippen molar-refractivity contribution in [1.82, 2.24) is 0 Å². The van der Waals surface area contributed by atoms with Crippen molar-refractivity contribution in [3.8, 4) is 0 Å². The summed E-state index contributed by atoms with van der Waals surface area (Å²) in [5.74, 6) is 0.754. The Kier molecular flexibility index (Phi) is 3.84. The summed E-state index contributed by atoms with van der Waals surface area (Å²) in [6.07, 6.45) is 8.27. The van der Waals surface area contributed by atoms with E-state index in [1.165, 1.54) is 49.8 Å². The number of nitrogens with one attached hydrogen (secondary N) is 1. The van der Waals surface area contributed by atoms with Gasteiger partial charge in [0.2, 0.25) is 0 Å². The highest BCUT2D eigenvalue weighted by Crippen LogP contribution is 2.35. The standard InChI is InChI=1S/C16H23NO/c1-2-9-16-15(8-1)13(10-11-17-16)5-3-6-14-7-4-12-18-14/h1-2,8-9,13-14,17H,3-7,10-12H2. The lowest BCUT2D eigenvalue weighted by Gasteiger charge is -2.27. The fraction of sp³-hybridized carbons (Fsp3) is 0.625. The molecule has 2 atom stereocenters. The zero-order valence-corrected chi connectivity index (χ0v) is 11.0. The smallest absolute Gasteiger partial charge is 0.0576 e. The zero-order chi connectivity index (χ0) is 12.2. The first-order valence-electron chi connectivity index (χ1n) is 7.38. The average Bonchev–Trinajstić information content (AvgIpc) is 2.92. The number of benzene rings is 1. The molecule has 2 nitrogen and oxygen atoms in total. The maximum absolute atomic E-state index is 5.70. The first kappa shape index (κ1) is 12.0. The molecule has 2 aliphatic rings. The molecule has 3 rings (SSSR count). The number of anilines is 1. The van der Waals surface area contributed by atoms with E-state index >= 15 is 0 Å². The van der Waals surface area contributed by atoms with Gasteiger partial charge in [-0.15, -0.1) is 0 Å². The molecule has 1 saturated heterocycles. The van der Waals surface area contributed by atoms with Gasteiger partial charge >= 0.3 is 0 Å². The van der Waals surface area contributed by atoms with Gasteiger partial charge in [0.1, 0.15) is 0 Å². The molecule has 1 N–H and O–H groups in total. The summed E-state index contributed by atoms with van der Waals surface area (Å²) in [6, 6.07) is 8.79. The summed E-state index contributed by atoms with van der Waals surface area (Å²) in [4.78, 5) is 0. The van der Waals surface area contributed by atoms with Crippen molar-refractivity contribution in [3.05, 3.63) is 29.8 Å². The fourth-order valence-electron chi connectivity index (χ4n) is 3.31. The molecule has 0 aromatic heterocycles. The number of rotatable bonds is 4. The van der Waals surface area contributed by atoms with Gasteiger partial charge < -0.3 is 10.1 Å². The minimum atomic E-state index is 0.557. The minimum absolute atomic E-state index is 0.557. The van der Waals surface area contributed by atoms with Crippen molar-refractivity contribution in [3.63, 3.8) is 0 Å². The third-order valence-corrected chi connectivity index (χ3v) is 4.31. The predicted molar refractivity (Wildman–Crippen MR) is 75.1 cm³/mol. The Morgan fingerprint density at radius 2 is 2.11 bits per heavy atom. The zero-order valence-electron chi connectivity index (χ0n) is 11.0. The molecule has 18 heavy (non-hydrogen) atoms. The summed E-state index contributed by atoms with van der Waals surface area (Å²) in [5, 5.41) is 3.50. The Labute approximate surface area is 110 Å². The van der Waals surface area contributed by atoms with Crippen LogP contribution in [-0.4, -0.2) is 19.3 Å². The minimum Gasteiger partial charge on any atom is -0.385 e. The molecule has 0 saturated carbocycles. The van der Waals surface area contributed by atoms with Crippen molar-refractivity contribution < 1.29 is 4.74 Å². The number of fused-ring (bicyclic) bond motifs is 1. The van der Waals surface area contributed by atoms with E-state index in [0.29, 0.717) is 6.10 Å². The van der Waals surface area contributed by atoms with Crippen LogP contribution in [0.15, 0.2) is 24.3 Å². The summed E-state index contributed by atoms with van der Waals surface area (Å²) in [5.41, 5.74) is 2.88. The molecule has 1 aromatic carbocycles. The lowest BCUT2D eigenvalue weighted by atomic mass is 9.86. The van der Waals surface area contributed by atoms with Gasteiger partial charge in [-0.05, 0) is 49.7 Å². The fourth-order valence-corrected chi connectivity index (χ4v) is 3.31. The summed E-state index contributed by atoms with van der Waals surface area (Å²) < 4.78 is 5.70. The molecular formula is C16H23NO. The second-order valence-electron chi connectivity index (χ2n) is 5.57. The number of ether oxygens (including phenoxy) is 1. The molecule has 0 radical (unpaired) electrons. The van der Waals surface area contributed by atoms with Crippen LogP contribution in [0.1, 0.15) is 50.0 Å². The van der Waals surface area contributed by atoms with Crippen LogP contribution in [0.5, 0.6) is 0 Å². The maximum Gasteiger partial charge on any atom is 0.0576 e. The van der Waals surface area contributed by atoms with Crippen LogP contribution in [0.3, 0.4) is 0 Å². The molecule has 1 fully saturated rings. The van der Waals surface area contributed by atoms with Crippen molar-refractivity contribution in [2.24, 2.45) is 0 Å². The summed E-state index contributed by atoms with van der Waals surface area (Å²) >= 11 is 0. The molecule has 0 spiro atoms. The largest absolute Gasteiger partial charge is 0.385 e. The summed E-state index contributed by atoms with van der Waals surface area (Å²) in [6.45, 7) is 2.11. The first-order valence-corrected chi connectivity index (χ1v) is 7.38. The quantitative estimate of drug-likeness (QED) is 0.867. The number of para-hydroxylation sites is 1. The van der Waals surface area contributed by atoms with Crippen LogP contribution in [0.4, 0.5) is 5.69 Å². The van der Waals surface area contributed by atoms with Crippen molar-refractivity contribution in [2.45, 2.75) is 50.5 Å². The van der Waals surface area contributed by atoms with Gasteiger partial charge in [0.25, 0.3) is 0 Å². The van der Waals surface area contributed by atoms with Gasteiger partial charge in [0.05, 0.1) is 6.10 Å². The predicted octanol–water partition coefficient (Wildman–Crippen LogP) is 3.94. The molecule has 2 unspecified atom stereocenters. The van der Waals surface area contributed by atoms with Gasteiger partial charge in [-0.1, -0.05) is 24.6 Å². The second kappa shape index (κ2) is 5.75. The molecule has 2 aliphatic heterocycles. The van der Waals surface area contributed by atoms with Crippen molar-refractivity contribution in [1.29, 1.82) is 0 Å². The SMILES string of the molecule is c1ccc2c(c1)NCCC2CCCC1CCCO1.